The summed E-state index contributed by atoms with van der Waals surface area (Å²) in [5, 5.41) is 0. The molecule has 0 N–H and O–H groups in total. The van der Waals surface area contributed by atoms with Crippen LogP contribution in [0.2, 0.25) is 0 Å². The molecule has 0 saturated heterocycles. The Bertz CT molecular complexity index is 281. The quantitative estimate of drug-likeness (QED) is 0.411. The number of aryl methyl sites for hydroxylation is 1. The summed E-state index contributed by atoms with van der Waals surface area (Å²) in [7, 11) is 0. The van der Waals surface area contributed by atoms with Crippen LogP contribution in [0.5, 0.6) is 5.75 Å². The van der Waals surface area contributed by atoms with Crippen LogP contribution in [0.25, 0.3) is 0 Å². The molecule has 70 valence electrons. The van der Waals surface area contributed by atoms with E-state index in [2.05, 4.69) is 19.1 Å². The van der Waals surface area contributed by atoms with E-state index in [1.54, 1.807) is 0 Å². The lowest BCUT2D eigenvalue weighted by molar-refractivity contribution is 0.647. The van der Waals surface area contributed by atoms with Gasteiger partial charge in [0.1, 0.15) is 5.75 Å². The van der Waals surface area contributed by atoms with E-state index < -0.39 is 0 Å². The molecule has 1 rings (SSSR count). The second-order valence-electron chi connectivity index (χ2n) is 2.75. The lowest BCUT2D eigenvalue weighted by atomic mass is 10.2. The van der Waals surface area contributed by atoms with Gasteiger partial charge < -0.3 is 4.18 Å². The minimum Gasteiger partial charge on any atom is -0.425 e. The number of hydrogen-bond donors (Lipinski definition) is 0. The van der Waals surface area contributed by atoms with Crippen LogP contribution in [0.15, 0.2) is 36.4 Å². The van der Waals surface area contributed by atoms with Crippen molar-refractivity contribution < 1.29 is 4.18 Å². The zero-order chi connectivity index (χ0) is 9.52. The van der Waals surface area contributed by atoms with E-state index in [1.165, 1.54) is 17.6 Å². The fourth-order valence-electron chi connectivity index (χ4n) is 0.905. The normalized spacial score (nSPS) is 10.6. The Kier molecular flexibility index (Phi) is 4.47. The predicted molar refractivity (Wildman–Crippen MR) is 59.1 cm³/mol. The van der Waals surface area contributed by atoms with Gasteiger partial charge in [0.05, 0.1) is 12.0 Å². The van der Waals surface area contributed by atoms with Crippen LogP contribution in [0.3, 0.4) is 0 Å². The molecule has 0 amide bonds. The number of rotatable bonds is 4. The van der Waals surface area contributed by atoms with Gasteiger partial charge in [0, 0.05) is 5.75 Å². The third-order valence-electron chi connectivity index (χ3n) is 1.54. The number of allylic oxidation sites excluding steroid dienone is 1. The van der Waals surface area contributed by atoms with Crippen molar-refractivity contribution >= 4 is 12.0 Å². The van der Waals surface area contributed by atoms with E-state index in [0.717, 1.165) is 11.5 Å². The molecule has 1 nitrogen and oxygen atoms in total. The highest BCUT2D eigenvalue weighted by Crippen LogP contribution is 2.17. The number of benzene rings is 1. The molecule has 0 bridgehead atoms. The largest absolute Gasteiger partial charge is 0.425 e. The lowest BCUT2D eigenvalue weighted by Crippen LogP contribution is -1.83. The van der Waals surface area contributed by atoms with Crippen molar-refractivity contribution in [2.24, 2.45) is 0 Å². The Morgan fingerprint density at radius 3 is 3.00 bits per heavy atom. The maximum atomic E-state index is 5.45. The molecule has 0 aliphatic carbocycles. The zero-order valence-corrected chi connectivity index (χ0v) is 8.80. The van der Waals surface area contributed by atoms with E-state index in [1.807, 2.05) is 31.2 Å². The Balaban J connectivity index is 2.36. The SMILES string of the molecule is C/C=C\CSOc1cccc(C)c1. The Morgan fingerprint density at radius 1 is 1.46 bits per heavy atom. The van der Waals surface area contributed by atoms with Crippen LogP contribution >= 0.6 is 12.0 Å². The molecule has 0 aliphatic rings. The fraction of sp³-hybridized carbons (Fsp3) is 0.273. The van der Waals surface area contributed by atoms with Gasteiger partial charge in [-0.15, -0.1) is 0 Å². The molecule has 0 spiro atoms. The second kappa shape index (κ2) is 5.70. The zero-order valence-electron chi connectivity index (χ0n) is 7.99. The molecule has 1 aromatic rings. The Labute approximate surface area is 84.0 Å². The van der Waals surface area contributed by atoms with Gasteiger partial charge in [0.25, 0.3) is 0 Å². The van der Waals surface area contributed by atoms with E-state index in [0.29, 0.717) is 0 Å². The molecule has 0 heterocycles. The summed E-state index contributed by atoms with van der Waals surface area (Å²) in [6, 6.07) is 8.06. The maximum Gasteiger partial charge on any atom is 0.137 e. The molecular weight excluding hydrogens is 180 g/mol. The first-order valence-electron chi connectivity index (χ1n) is 4.30. The first-order chi connectivity index (χ1) is 6.33. The van der Waals surface area contributed by atoms with Gasteiger partial charge in [-0.05, 0) is 31.5 Å². The summed E-state index contributed by atoms with van der Waals surface area (Å²) in [5.74, 6) is 1.82. The molecule has 2 heteroatoms. The summed E-state index contributed by atoms with van der Waals surface area (Å²) in [4.78, 5) is 0. The Morgan fingerprint density at radius 2 is 2.31 bits per heavy atom. The smallest absolute Gasteiger partial charge is 0.137 e. The molecule has 0 radical (unpaired) electrons. The van der Waals surface area contributed by atoms with Crippen LogP contribution in [0.1, 0.15) is 12.5 Å². The summed E-state index contributed by atoms with van der Waals surface area (Å²) in [6.45, 7) is 4.07. The van der Waals surface area contributed by atoms with E-state index in [9.17, 15) is 0 Å². The predicted octanol–water partition coefficient (Wildman–Crippen LogP) is 3.60. The maximum absolute atomic E-state index is 5.45. The summed E-state index contributed by atoms with van der Waals surface area (Å²) < 4.78 is 5.45. The van der Waals surface area contributed by atoms with Crippen LogP contribution < -0.4 is 4.18 Å². The van der Waals surface area contributed by atoms with Crippen LogP contribution in [0.4, 0.5) is 0 Å². The van der Waals surface area contributed by atoms with Crippen molar-refractivity contribution in [3.63, 3.8) is 0 Å². The highest BCUT2D eigenvalue weighted by Gasteiger charge is 1.92. The number of hydrogen-bond acceptors (Lipinski definition) is 2. The average molecular weight is 194 g/mol. The van der Waals surface area contributed by atoms with Crippen LogP contribution in [0, 0.1) is 6.92 Å². The van der Waals surface area contributed by atoms with E-state index >= 15 is 0 Å². The van der Waals surface area contributed by atoms with Crippen molar-refractivity contribution in [3.05, 3.63) is 42.0 Å². The Hall–Kier alpha value is -0.890. The molecule has 0 fully saturated rings. The van der Waals surface area contributed by atoms with Crippen molar-refractivity contribution in [3.8, 4) is 5.75 Å². The molecule has 0 atom stereocenters. The first-order valence-corrected chi connectivity index (χ1v) is 5.21. The van der Waals surface area contributed by atoms with Gasteiger partial charge in [0.2, 0.25) is 0 Å². The monoisotopic (exact) mass is 194 g/mol. The van der Waals surface area contributed by atoms with Gasteiger partial charge in [-0.3, -0.25) is 0 Å². The van der Waals surface area contributed by atoms with Crippen molar-refractivity contribution in [2.75, 3.05) is 5.75 Å². The average Bonchev–Trinajstić information content (AvgIpc) is 2.13. The van der Waals surface area contributed by atoms with E-state index in [-0.39, 0.29) is 0 Å². The molecule has 0 unspecified atom stereocenters. The van der Waals surface area contributed by atoms with E-state index in [4.69, 9.17) is 4.18 Å². The molecule has 13 heavy (non-hydrogen) atoms. The fourth-order valence-corrected chi connectivity index (χ4v) is 1.48. The minimum atomic E-state index is 0.893. The summed E-state index contributed by atoms with van der Waals surface area (Å²) in [5.41, 5.74) is 1.23. The van der Waals surface area contributed by atoms with Crippen molar-refractivity contribution in [2.45, 2.75) is 13.8 Å². The molecular formula is C11H14OS. The van der Waals surface area contributed by atoms with Crippen molar-refractivity contribution in [1.29, 1.82) is 0 Å². The van der Waals surface area contributed by atoms with Gasteiger partial charge >= 0.3 is 0 Å². The minimum absolute atomic E-state index is 0.893. The van der Waals surface area contributed by atoms with Gasteiger partial charge in [0.15, 0.2) is 0 Å². The van der Waals surface area contributed by atoms with Crippen molar-refractivity contribution in [1.82, 2.24) is 0 Å². The summed E-state index contributed by atoms with van der Waals surface area (Å²) >= 11 is 1.45. The van der Waals surface area contributed by atoms with Crippen LogP contribution in [-0.4, -0.2) is 5.75 Å². The third-order valence-corrected chi connectivity index (χ3v) is 2.18. The highest BCUT2D eigenvalue weighted by molar-refractivity contribution is 7.95. The second-order valence-corrected chi connectivity index (χ2v) is 3.49. The van der Waals surface area contributed by atoms with Gasteiger partial charge in [-0.1, -0.05) is 24.3 Å². The van der Waals surface area contributed by atoms with Crippen LogP contribution in [-0.2, 0) is 0 Å². The van der Waals surface area contributed by atoms with Gasteiger partial charge in [-0.2, -0.15) is 0 Å². The topological polar surface area (TPSA) is 9.23 Å². The molecule has 0 saturated carbocycles. The highest BCUT2D eigenvalue weighted by atomic mass is 32.2. The standard InChI is InChI=1S/C11H14OS/c1-3-4-8-13-12-11-7-5-6-10(2)9-11/h3-7,9H,8H2,1-2H3/b4-3-. The summed E-state index contributed by atoms with van der Waals surface area (Å²) in [6.07, 6.45) is 4.09. The molecule has 1 aromatic carbocycles. The lowest BCUT2D eigenvalue weighted by Gasteiger charge is -2.02. The molecule has 0 aromatic heterocycles. The first kappa shape index (κ1) is 10.2. The third kappa shape index (κ3) is 4.04. The van der Waals surface area contributed by atoms with Gasteiger partial charge in [-0.25, -0.2) is 0 Å². The molecule has 0 aliphatic heterocycles.